The van der Waals surface area contributed by atoms with Crippen molar-refractivity contribution in [2.45, 2.75) is 64.6 Å². The summed E-state index contributed by atoms with van der Waals surface area (Å²) < 4.78 is 25.3. The van der Waals surface area contributed by atoms with Crippen LogP contribution in [0, 0.1) is 0 Å². The van der Waals surface area contributed by atoms with E-state index in [0.717, 1.165) is 11.3 Å². The molecule has 33 heavy (non-hydrogen) atoms. The van der Waals surface area contributed by atoms with Crippen molar-refractivity contribution in [2.24, 2.45) is 0 Å². The summed E-state index contributed by atoms with van der Waals surface area (Å²) in [5.41, 5.74) is 3.53. The van der Waals surface area contributed by atoms with Crippen molar-refractivity contribution in [3.8, 4) is 11.3 Å². The van der Waals surface area contributed by atoms with Gasteiger partial charge in [-0.05, 0) is 39.8 Å². The monoisotopic (exact) mass is 515 g/mol. The molecule has 0 saturated carbocycles. The van der Waals surface area contributed by atoms with Gasteiger partial charge in [-0.3, -0.25) is 4.21 Å². The van der Waals surface area contributed by atoms with Gasteiger partial charge in [0, 0.05) is 45.3 Å². The number of halogens is 2. The van der Waals surface area contributed by atoms with Crippen LogP contribution < -0.4 is 10.6 Å². The van der Waals surface area contributed by atoms with Crippen molar-refractivity contribution in [3.05, 3.63) is 45.1 Å². The Balaban J connectivity index is 2.04. The molecular formula is C22H27Cl2N3O5S. The molecule has 2 heterocycles. The normalized spacial score (nSPS) is 15.0. The smallest absolute Gasteiger partial charge is 0.407 e. The summed E-state index contributed by atoms with van der Waals surface area (Å²) in [5.74, 6) is 0.575. The summed E-state index contributed by atoms with van der Waals surface area (Å²) in [6.45, 7) is 7.20. The van der Waals surface area contributed by atoms with Gasteiger partial charge < -0.3 is 24.7 Å². The molecule has 1 atom stereocenters. The molecular weight excluding hydrogens is 489 g/mol. The van der Waals surface area contributed by atoms with Crippen molar-refractivity contribution >= 4 is 46.2 Å². The highest BCUT2D eigenvalue weighted by Gasteiger charge is 2.31. The third kappa shape index (κ3) is 6.22. The number of fused-ring (bicyclic) bond motifs is 1. The van der Waals surface area contributed by atoms with Crippen LogP contribution >= 0.6 is 23.2 Å². The number of benzene rings is 1. The zero-order chi connectivity index (χ0) is 24.3. The molecule has 0 aliphatic carbocycles. The zero-order valence-corrected chi connectivity index (χ0v) is 21.2. The van der Waals surface area contributed by atoms with Crippen LogP contribution in [0.4, 0.5) is 9.59 Å². The first-order valence-electron chi connectivity index (χ1n) is 10.5. The number of ether oxygens (including phenoxy) is 2. The lowest BCUT2D eigenvalue weighted by atomic mass is 10.0. The summed E-state index contributed by atoms with van der Waals surface area (Å²) in [6.07, 6.45) is -1.13. The molecule has 0 bridgehead atoms. The molecule has 2 N–H and O–H groups in total. The van der Waals surface area contributed by atoms with Gasteiger partial charge in [0.05, 0.1) is 27.4 Å². The lowest BCUT2D eigenvalue weighted by molar-refractivity contribution is 0.129. The first-order valence-corrected chi connectivity index (χ1v) is 12.7. The number of hydrogen-bond acceptors (Lipinski definition) is 5. The van der Waals surface area contributed by atoms with Crippen LogP contribution in [0.2, 0.25) is 10.0 Å². The fourth-order valence-corrected chi connectivity index (χ4v) is 5.15. The van der Waals surface area contributed by atoms with Crippen LogP contribution in [-0.2, 0) is 45.1 Å². The molecule has 0 fully saturated rings. The minimum Gasteiger partial charge on any atom is -0.445 e. The van der Waals surface area contributed by atoms with Crippen LogP contribution in [0.25, 0.3) is 11.3 Å². The summed E-state index contributed by atoms with van der Waals surface area (Å²) in [4.78, 5) is 24.3. The fourth-order valence-electron chi connectivity index (χ4n) is 3.56. The highest BCUT2D eigenvalue weighted by molar-refractivity contribution is 7.83. The van der Waals surface area contributed by atoms with Crippen molar-refractivity contribution in [3.63, 3.8) is 0 Å². The van der Waals surface area contributed by atoms with Gasteiger partial charge in [0.15, 0.2) is 0 Å². The number of carbonyl (C=O) groups is 2. The molecule has 11 heteroatoms. The standard InChI is InChI=1S/C22H27Cl2N3O5S/c1-12(2)25-21(28)31-8-15-16(9-32-22(29)26-13(3)4)20(27-11-33(30)10-19(15)27)14-5-6-17(23)18(24)7-14/h5-7,12-13H,8-11H2,1-4H3,(H,25,28)(H,26,29)/t33-/m0/s1. The zero-order valence-electron chi connectivity index (χ0n) is 18.9. The summed E-state index contributed by atoms with van der Waals surface area (Å²) >= 11 is 12.4. The van der Waals surface area contributed by atoms with E-state index in [0.29, 0.717) is 32.6 Å². The average Bonchev–Trinajstić information content (AvgIpc) is 3.20. The van der Waals surface area contributed by atoms with E-state index in [1.54, 1.807) is 18.2 Å². The van der Waals surface area contributed by atoms with Gasteiger partial charge in [0.2, 0.25) is 0 Å². The molecule has 8 nitrogen and oxygen atoms in total. The quantitative estimate of drug-likeness (QED) is 0.543. The van der Waals surface area contributed by atoms with E-state index in [9.17, 15) is 13.8 Å². The largest absolute Gasteiger partial charge is 0.445 e. The number of aromatic nitrogens is 1. The van der Waals surface area contributed by atoms with Gasteiger partial charge in [-0.1, -0.05) is 29.3 Å². The number of amides is 2. The molecule has 0 unspecified atom stereocenters. The Kier molecular flexibility index (Phi) is 8.31. The Labute approximate surface area is 205 Å². The Morgan fingerprint density at radius 1 is 1.00 bits per heavy atom. The van der Waals surface area contributed by atoms with Crippen molar-refractivity contribution in [1.82, 2.24) is 15.2 Å². The SMILES string of the molecule is CC(C)NC(=O)OCc1c(COC(=O)NC(C)C)c(-c2ccc(Cl)c(Cl)c2)n2c1C[S@](=O)C2. The van der Waals surface area contributed by atoms with Gasteiger partial charge in [-0.2, -0.15) is 0 Å². The van der Waals surface area contributed by atoms with E-state index >= 15 is 0 Å². The molecule has 1 aromatic heterocycles. The number of rotatable bonds is 7. The number of nitrogens with zero attached hydrogens (tertiary/aromatic N) is 1. The maximum atomic E-state index is 12.4. The summed E-state index contributed by atoms with van der Waals surface area (Å²) in [6, 6.07) is 5.01. The van der Waals surface area contributed by atoms with Crippen molar-refractivity contribution < 1.29 is 23.3 Å². The van der Waals surface area contributed by atoms with E-state index in [-0.39, 0.29) is 31.2 Å². The molecule has 1 aliphatic rings. The molecule has 0 radical (unpaired) electrons. The Morgan fingerprint density at radius 3 is 2.12 bits per heavy atom. The molecule has 2 amide bonds. The number of alkyl carbamates (subject to hydrolysis) is 2. The number of hydrogen-bond donors (Lipinski definition) is 2. The maximum Gasteiger partial charge on any atom is 0.407 e. The van der Waals surface area contributed by atoms with E-state index in [4.69, 9.17) is 32.7 Å². The Hall–Kier alpha value is -2.23. The summed E-state index contributed by atoms with van der Waals surface area (Å²) in [7, 11) is -1.12. The van der Waals surface area contributed by atoms with Crippen LogP contribution in [-0.4, -0.2) is 33.0 Å². The molecule has 180 valence electrons. The number of carbonyl (C=O) groups excluding carboxylic acids is 2. The molecule has 0 saturated heterocycles. The van der Waals surface area contributed by atoms with Gasteiger partial charge in [-0.15, -0.1) is 0 Å². The molecule has 2 aromatic rings. The van der Waals surface area contributed by atoms with Gasteiger partial charge in [0.1, 0.15) is 13.2 Å². The minimum absolute atomic E-state index is 0.0586. The second kappa shape index (κ2) is 10.8. The second-order valence-electron chi connectivity index (χ2n) is 8.27. The predicted octanol–water partition coefficient (Wildman–Crippen LogP) is 4.95. The molecule has 3 rings (SSSR count). The number of nitrogens with one attached hydrogen (secondary N) is 2. The fraction of sp³-hybridized carbons (Fsp3) is 0.455. The van der Waals surface area contributed by atoms with Gasteiger partial charge in [0.25, 0.3) is 0 Å². The first-order chi connectivity index (χ1) is 15.6. The first kappa shape index (κ1) is 25.4. The highest BCUT2D eigenvalue weighted by Crippen LogP contribution is 2.39. The lowest BCUT2D eigenvalue weighted by Gasteiger charge is -2.14. The van der Waals surface area contributed by atoms with E-state index < -0.39 is 23.0 Å². The third-order valence-corrected chi connectivity index (χ3v) is 6.75. The van der Waals surface area contributed by atoms with Gasteiger partial charge in [-0.25, -0.2) is 9.59 Å². The third-order valence-electron chi connectivity index (χ3n) is 4.87. The van der Waals surface area contributed by atoms with Crippen LogP contribution in [0.15, 0.2) is 18.2 Å². The second-order valence-corrected chi connectivity index (χ2v) is 10.5. The predicted molar refractivity (Wildman–Crippen MR) is 129 cm³/mol. The van der Waals surface area contributed by atoms with Crippen LogP contribution in [0.5, 0.6) is 0 Å². The highest BCUT2D eigenvalue weighted by atomic mass is 35.5. The maximum absolute atomic E-state index is 12.4. The average molecular weight is 516 g/mol. The summed E-state index contributed by atoms with van der Waals surface area (Å²) in [5, 5.41) is 6.13. The van der Waals surface area contributed by atoms with Gasteiger partial charge >= 0.3 is 12.2 Å². The molecule has 1 aliphatic heterocycles. The Morgan fingerprint density at radius 2 is 1.58 bits per heavy atom. The van der Waals surface area contributed by atoms with E-state index in [1.807, 2.05) is 32.3 Å². The minimum atomic E-state index is -1.12. The van der Waals surface area contributed by atoms with Crippen molar-refractivity contribution in [1.29, 1.82) is 0 Å². The molecule has 0 spiro atoms. The van der Waals surface area contributed by atoms with E-state index in [2.05, 4.69) is 10.6 Å². The Bertz CT molecular complexity index is 1080. The van der Waals surface area contributed by atoms with Crippen LogP contribution in [0.1, 0.15) is 44.5 Å². The molecule has 1 aromatic carbocycles. The van der Waals surface area contributed by atoms with Crippen LogP contribution in [0.3, 0.4) is 0 Å². The lowest BCUT2D eigenvalue weighted by Crippen LogP contribution is -2.31. The van der Waals surface area contributed by atoms with Crippen molar-refractivity contribution in [2.75, 3.05) is 0 Å². The topological polar surface area (TPSA) is 98.7 Å². The van der Waals surface area contributed by atoms with E-state index in [1.165, 1.54) is 0 Å².